The number of pyridine rings is 1. The lowest BCUT2D eigenvalue weighted by atomic mass is 10.1. The minimum absolute atomic E-state index is 0.338. The van der Waals surface area contributed by atoms with Crippen LogP contribution in [0.5, 0.6) is 0 Å². The highest BCUT2D eigenvalue weighted by molar-refractivity contribution is 5.90. The zero-order valence-corrected chi connectivity index (χ0v) is 11.4. The van der Waals surface area contributed by atoms with Crippen LogP contribution in [0, 0.1) is 6.92 Å². The molecule has 0 atom stereocenters. The number of aryl methyl sites for hydroxylation is 1. The summed E-state index contributed by atoms with van der Waals surface area (Å²) in [5.74, 6) is 0.311. The summed E-state index contributed by atoms with van der Waals surface area (Å²) in [5.41, 5.74) is 0.775. The highest BCUT2D eigenvalue weighted by Gasteiger charge is 2.18. The number of aromatic nitrogens is 1. The predicted octanol–water partition coefficient (Wildman–Crippen LogP) is 2.94. The van der Waals surface area contributed by atoms with Gasteiger partial charge in [0.15, 0.2) is 0 Å². The van der Waals surface area contributed by atoms with Crippen molar-refractivity contribution in [2.75, 3.05) is 11.9 Å². The van der Waals surface area contributed by atoms with Gasteiger partial charge in [0.2, 0.25) is 0 Å². The minimum atomic E-state index is -0.497. The second-order valence-corrected chi connectivity index (χ2v) is 5.05. The zero-order valence-electron chi connectivity index (χ0n) is 11.4. The third kappa shape index (κ3) is 4.57. The number of carbonyl (C=O) groups is 1. The third-order valence-corrected chi connectivity index (χ3v) is 2.02. The maximum atomic E-state index is 11.9. The molecule has 1 N–H and O–H groups in total. The smallest absolute Gasteiger partial charge is 0.338 e. The van der Waals surface area contributed by atoms with Crippen molar-refractivity contribution in [1.82, 2.24) is 4.98 Å². The lowest BCUT2D eigenvalue weighted by molar-refractivity contribution is 0.00693. The summed E-state index contributed by atoms with van der Waals surface area (Å²) in [6.45, 7) is 11.6. The first kappa shape index (κ1) is 14.2. The number of nitrogens with one attached hydrogen (secondary N) is 1. The van der Waals surface area contributed by atoms with Crippen molar-refractivity contribution in [2.45, 2.75) is 33.3 Å². The van der Waals surface area contributed by atoms with Crippen LogP contribution in [0.4, 0.5) is 5.82 Å². The Hall–Kier alpha value is -1.84. The molecule has 0 saturated heterocycles. The fourth-order valence-electron chi connectivity index (χ4n) is 1.39. The largest absolute Gasteiger partial charge is 0.456 e. The van der Waals surface area contributed by atoms with Crippen LogP contribution >= 0.6 is 0 Å². The first-order valence-corrected chi connectivity index (χ1v) is 5.88. The van der Waals surface area contributed by atoms with Crippen LogP contribution in [0.15, 0.2) is 24.8 Å². The number of esters is 1. The van der Waals surface area contributed by atoms with Gasteiger partial charge in [-0.2, -0.15) is 0 Å². The van der Waals surface area contributed by atoms with Crippen molar-refractivity contribution in [3.63, 3.8) is 0 Å². The summed E-state index contributed by atoms with van der Waals surface area (Å²) in [6.07, 6.45) is 1.73. The van der Waals surface area contributed by atoms with Crippen molar-refractivity contribution in [2.24, 2.45) is 0 Å². The highest BCUT2D eigenvalue weighted by atomic mass is 16.6. The van der Waals surface area contributed by atoms with Gasteiger partial charge in [0.25, 0.3) is 0 Å². The number of ether oxygens (including phenoxy) is 1. The summed E-state index contributed by atoms with van der Waals surface area (Å²) in [6, 6.07) is 3.40. The molecule has 0 spiro atoms. The molecule has 4 nitrogen and oxygen atoms in total. The molecule has 1 rings (SSSR count). The Morgan fingerprint density at radius 3 is 2.72 bits per heavy atom. The van der Waals surface area contributed by atoms with E-state index in [1.54, 1.807) is 18.2 Å². The lowest BCUT2D eigenvalue weighted by Gasteiger charge is -2.19. The van der Waals surface area contributed by atoms with Gasteiger partial charge in [-0.05, 0) is 39.8 Å². The number of nitrogens with zero attached hydrogens (tertiary/aromatic N) is 1. The molecule has 0 bridgehead atoms. The molecule has 1 aromatic rings. The second kappa shape index (κ2) is 5.67. The molecule has 18 heavy (non-hydrogen) atoms. The van der Waals surface area contributed by atoms with Gasteiger partial charge >= 0.3 is 5.97 Å². The maximum absolute atomic E-state index is 11.9. The van der Waals surface area contributed by atoms with Crippen LogP contribution < -0.4 is 5.32 Å². The SMILES string of the molecule is C=CCNc1cc(C(=O)OC(C)(C)C)cc(C)n1. The predicted molar refractivity (Wildman–Crippen MR) is 72.8 cm³/mol. The van der Waals surface area contributed by atoms with E-state index in [1.165, 1.54) is 0 Å². The third-order valence-electron chi connectivity index (χ3n) is 2.02. The van der Waals surface area contributed by atoms with Crippen LogP contribution in [-0.2, 0) is 4.74 Å². The van der Waals surface area contributed by atoms with Gasteiger partial charge < -0.3 is 10.1 Å². The molecule has 1 aromatic heterocycles. The van der Waals surface area contributed by atoms with Gasteiger partial charge in [-0.1, -0.05) is 6.08 Å². The van der Waals surface area contributed by atoms with Crippen molar-refractivity contribution < 1.29 is 9.53 Å². The first-order valence-electron chi connectivity index (χ1n) is 5.88. The molecule has 0 aliphatic rings. The van der Waals surface area contributed by atoms with Gasteiger partial charge in [-0.15, -0.1) is 6.58 Å². The van der Waals surface area contributed by atoms with E-state index < -0.39 is 5.60 Å². The van der Waals surface area contributed by atoms with Crippen LogP contribution in [0.1, 0.15) is 36.8 Å². The van der Waals surface area contributed by atoms with Crippen LogP contribution in [-0.4, -0.2) is 23.1 Å². The Labute approximate surface area is 108 Å². The van der Waals surface area contributed by atoms with Gasteiger partial charge in [0.1, 0.15) is 11.4 Å². The van der Waals surface area contributed by atoms with Crippen LogP contribution in [0.3, 0.4) is 0 Å². The standard InChI is InChI=1S/C14H20N2O2/c1-6-7-15-12-9-11(8-10(2)16-12)13(17)18-14(3,4)5/h6,8-9H,1,7H2,2-5H3,(H,15,16). The molecular formula is C14H20N2O2. The van der Waals surface area contributed by atoms with Crippen LogP contribution in [0.25, 0.3) is 0 Å². The molecule has 0 amide bonds. The van der Waals surface area contributed by atoms with Gasteiger partial charge in [-0.25, -0.2) is 9.78 Å². The summed E-state index contributed by atoms with van der Waals surface area (Å²) in [5, 5.41) is 3.06. The summed E-state index contributed by atoms with van der Waals surface area (Å²) >= 11 is 0. The number of rotatable bonds is 4. The molecular weight excluding hydrogens is 228 g/mol. The molecule has 0 aliphatic heterocycles. The average molecular weight is 248 g/mol. The van der Waals surface area contributed by atoms with E-state index in [2.05, 4.69) is 16.9 Å². The van der Waals surface area contributed by atoms with Crippen LogP contribution in [0.2, 0.25) is 0 Å². The summed E-state index contributed by atoms with van der Waals surface area (Å²) in [7, 11) is 0. The maximum Gasteiger partial charge on any atom is 0.338 e. The molecule has 0 aliphatic carbocycles. The van der Waals surface area contributed by atoms with Gasteiger partial charge in [0.05, 0.1) is 5.56 Å². The average Bonchev–Trinajstić information content (AvgIpc) is 2.23. The molecule has 4 heteroatoms. The van der Waals surface area contributed by atoms with E-state index in [1.807, 2.05) is 27.7 Å². The van der Waals surface area contributed by atoms with Crippen molar-refractivity contribution in [3.05, 3.63) is 36.0 Å². The molecule has 98 valence electrons. The molecule has 0 fully saturated rings. The Morgan fingerprint density at radius 1 is 1.50 bits per heavy atom. The lowest BCUT2D eigenvalue weighted by Crippen LogP contribution is -2.24. The Morgan fingerprint density at radius 2 is 2.17 bits per heavy atom. The second-order valence-electron chi connectivity index (χ2n) is 5.05. The fourth-order valence-corrected chi connectivity index (χ4v) is 1.39. The molecule has 1 heterocycles. The highest BCUT2D eigenvalue weighted by Crippen LogP contribution is 2.15. The molecule has 0 aromatic carbocycles. The fraction of sp³-hybridized carbons (Fsp3) is 0.429. The minimum Gasteiger partial charge on any atom is -0.456 e. The van der Waals surface area contributed by atoms with Gasteiger partial charge in [0, 0.05) is 12.2 Å². The summed E-state index contributed by atoms with van der Waals surface area (Å²) in [4.78, 5) is 16.2. The Bertz CT molecular complexity index is 448. The Balaban J connectivity index is 2.91. The molecule has 0 saturated carbocycles. The number of hydrogen-bond acceptors (Lipinski definition) is 4. The molecule has 0 unspecified atom stereocenters. The van der Waals surface area contributed by atoms with Crippen molar-refractivity contribution in [3.8, 4) is 0 Å². The quantitative estimate of drug-likeness (QED) is 0.657. The Kier molecular flexibility index (Phi) is 4.48. The van der Waals surface area contributed by atoms with E-state index in [0.29, 0.717) is 17.9 Å². The topological polar surface area (TPSA) is 51.2 Å². The number of hydrogen-bond donors (Lipinski definition) is 1. The first-order chi connectivity index (χ1) is 8.31. The number of carbonyl (C=O) groups excluding carboxylic acids is 1. The van der Waals surface area contributed by atoms with Crippen molar-refractivity contribution >= 4 is 11.8 Å². The monoisotopic (exact) mass is 248 g/mol. The van der Waals surface area contributed by atoms with E-state index >= 15 is 0 Å². The zero-order chi connectivity index (χ0) is 13.8. The van der Waals surface area contributed by atoms with E-state index in [0.717, 1.165) is 5.69 Å². The summed E-state index contributed by atoms with van der Waals surface area (Å²) < 4.78 is 5.32. The van der Waals surface area contributed by atoms with E-state index in [-0.39, 0.29) is 5.97 Å². The normalized spacial score (nSPS) is 10.9. The van der Waals surface area contributed by atoms with Gasteiger partial charge in [-0.3, -0.25) is 0 Å². The van der Waals surface area contributed by atoms with Crippen molar-refractivity contribution in [1.29, 1.82) is 0 Å². The molecule has 0 radical (unpaired) electrons. The van der Waals surface area contributed by atoms with E-state index in [4.69, 9.17) is 4.74 Å². The number of anilines is 1. The van der Waals surface area contributed by atoms with E-state index in [9.17, 15) is 4.79 Å².